The Morgan fingerprint density at radius 1 is 1.03 bits per heavy atom. The van der Waals surface area contributed by atoms with Gasteiger partial charge >= 0.3 is 0 Å². The number of hydrogen-bond donors (Lipinski definition) is 3. The van der Waals surface area contributed by atoms with Gasteiger partial charge in [0.15, 0.2) is 5.96 Å². The van der Waals surface area contributed by atoms with Crippen LogP contribution in [0.3, 0.4) is 0 Å². The molecule has 1 saturated heterocycles. The molecule has 3 amide bonds. The van der Waals surface area contributed by atoms with Crippen molar-refractivity contribution in [3.8, 4) is 0 Å². The minimum atomic E-state index is -0.584. The molecule has 0 spiro atoms. The first-order valence-corrected chi connectivity index (χ1v) is 9.35. The van der Waals surface area contributed by atoms with Gasteiger partial charge in [-0.25, -0.2) is 4.99 Å². The predicted octanol–water partition coefficient (Wildman–Crippen LogP) is 0.149. The number of guanidine groups is 1. The molecule has 10 heteroatoms. The molecule has 1 aliphatic heterocycles. The topological polar surface area (TPSA) is 120 Å². The highest BCUT2D eigenvalue weighted by atomic mass is 127. The summed E-state index contributed by atoms with van der Waals surface area (Å²) in [4.78, 5) is 42.8. The third-order valence-corrected chi connectivity index (χ3v) is 4.41. The molecule has 0 unspecified atom stereocenters. The molecule has 4 N–H and O–H groups in total. The summed E-state index contributed by atoms with van der Waals surface area (Å²) in [6.07, 6.45) is 0. The van der Waals surface area contributed by atoms with E-state index in [1.165, 1.54) is 0 Å². The Morgan fingerprint density at radius 3 is 2.14 bits per heavy atom. The van der Waals surface area contributed by atoms with Crippen molar-refractivity contribution in [2.75, 3.05) is 39.3 Å². The summed E-state index contributed by atoms with van der Waals surface area (Å²) >= 11 is 0. The Kier molecular flexibility index (Phi) is 10.4. The maximum absolute atomic E-state index is 11.9. The van der Waals surface area contributed by atoms with Crippen molar-refractivity contribution in [1.82, 2.24) is 20.4 Å². The minimum absolute atomic E-state index is 0. The number of nitrogens with zero attached hydrogens (tertiary/aromatic N) is 3. The highest BCUT2D eigenvalue weighted by Crippen LogP contribution is 2.08. The van der Waals surface area contributed by atoms with E-state index >= 15 is 0 Å². The van der Waals surface area contributed by atoms with Gasteiger partial charge in [-0.3, -0.25) is 14.4 Å². The molecule has 0 radical (unpaired) electrons. The fraction of sp³-hybridized carbons (Fsp3) is 0.474. The van der Waals surface area contributed by atoms with Gasteiger partial charge in [-0.05, 0) is 24.6 Å². The largest absolute Gasteiger partial charge is 0.368 e. The molecule has 0 atom stereocenters. The second-order valence-corrected chi connectivity index (χ2v) is 6.51. The Hall–Kier alpha value is -2.37. The second kappa shape index (κ2) is 12.2. The Morgan fingerprint density at radius 2 is 1.62 bits per heavy atom. The number of benzene rings is 1. The van der Waals surface area contributed by atoms with E-state index in [4.69, 9.17) is 5.73 Å². The van der Waals surface area contributed by atoms with Crippen LogP contribution in [0.5, 0.6) is 0 Å². The zero-order valence-corrected chi connectivity index (χ0v) is 19.1. The van der Waals surface area contributed by atoms with Crippen LogP contribution in [0.1, 0.15) is 29.8 Å². The summed E-state index contributed by atoms with van der Waals surface area (Å²) in [5.74, 6) is -0.0135. The second-order valence-electron chi connectivity index (χ2n) is 6.51. The number of nitrogens with one attached hydrogen (secondary N) is 2. The summed E-state index contributed by atoms with van der Waals surface area (Å²) in [5, 5.41) is 5.74. The van der Waals surface area contributed by atoms with Crippen molar-refractivity contribution >= 4 is 47.7 Å². The van der Waals surface area contributed by atoms with Crippen LogP contribution in [0.2, 0.25) is 0 Å². The quantitative estimate of drug-likeness (QED) is 0.283. The van der Waals surface area contributed by atoms with Crippen molar-refractivity contribution in [2.24, 2.45) is 10.7 Å². The fourth-order valence-electron chi connectivity index (χ4n) is 2.86. The lowest BCUT2D eigenvalue weighted by molar-refractivity contribution is -0.130. The lowest BCUT2D eigenvalue weighted by Crippen LogP contribution is -2.53. The summed E-state index contributed by atoms with van der Waals surface area (Å²) in [6, 6.07) is 7.05. The van der Waals surface area contributed by atoms with E-state index in [0.29, 0.717) is 25.2 Å². The summed E-state index contributed by atoms with van der Waals surface area (Å²) in [7, 11) is 0. The Labute approximate surface area is 188 Å². The molecule has 2 rings (SSSR count). The third kappa shape index (κ3) is 7.87. The van der Waals surface area contributed by atoms with Crippen LogP contribution in [0, 0.1) is 0 Å². The average molecular weight is 516 g/mol. The normalized spacial score (nSPS) is 14.1. The molecule has 0 bridgehead atoms. The van der Waals surface area contributed by atoms with Crippen LogP contribution in [-0.2, 0) is 16.1 Å². The van der Waals surface area contributed by atoms with Gasteiger partial charge in [0, 0.05) is 45.2 Å². The number of nitrogens with two attached hydrogens (primary N) is 1. The number of rotatable bonds is 6. The number of piperazine rings is 1. The molecule has 0 aliphatic carbocycles. The molecule has 29 heavy (non-hydrogen) atoms. The summed E-state index contributed by atoms with van der Waals surface area (Å²) in [5.41, 5.74) is 6.44. The molecule has 9 nitrogen and oxygen atoms in total. The lowest BCUT2D eigenvalue weighted by Gasteiger charge is -2.36. The standard InChI is InChI=1S/C19H28N6O3.HI/c1-3-21-19(25-10-8-24(9-11-25)14(2)26)23-12-15-4-6-16(7-5-15)18(28)22-13-17(20)27;/h4-7H,3,8-13H2,1-2H3,(H2,20,27)(H,21,23)(H,22,28);1H. The third-order valence-electron chi connectivity index (χ3n) is 4.41. The van der Waals surface area contributed by atoms with Crippen LogP contribution < -0.4 is 16.4 Å². The first kappa shape index (κ1) is 24.7. The van der Waals surface area contributed by atoms with Crippen LogP contribution in [-0.4, -0.2) is 72.7 Å². The van der Waals surface area contributed by atoms with Gasteiger partial charge in [0.25, 0.3) is 5.91 Å². The van der Waals surface area contributed by atoms with Gasteiger partial charge in [0.05, 0.1) is 13.1 Å². The van der Waals surface area contributed by atoms with Gasteiger partial charge in [-0.15, -0.1) is 24.0 Å². The molecule has 0 saturated carbocycles. The van der Waals surface area contributed by atoms with E-state index in [2.05, 4.69) is 20.5 Å². The number of carbonyl (C=O) groups is 3. The van der Waals surface area contributed by atoms with Gasteiger partial charge in [-0.2, -0.15) is 0 Å². The molecule has 1 fully saturated rings. The highest BCUT2D eigenvalue weighted by Gasteiger charge is 2.20. The zero-order valence-electron chi connectivity index (χ0n) is 16.8. The first-order valence-electron chi connectivity index (χ1n) is 9.35. The maximum Gasteiger partial charge on any atom is 0.251 e. The van der Waals surface area contributed by atoms with E-state index in [9.17, 15) is 14.4 Å². The van der Waals surface area contributed by atoms with Gasteiger partial charge in [0.2, 0.25) is 11.8 Å². The Bertz CT molecular complexity index is 730. The van der Waals surface area contributed by atoms with Crippen molar-refractivity contribution in [2.45, 2.75) is 20.4 Å². The average Bonchev–Trinajstić information content (AvgIpc) is 2.69. The summed E-state index contributed by atoms with van der Waals surface area (Å²) in [6.45, 7) is 7.50. The van der Waals surface area contributed by atoms with Crippen molar-refractivity contribution in [3.05, 3.63) is 35.4 Å². The smallest absolute Gasteiger partial charge is 0.251 e. The highest BCUT2D eigenvalue weighted by molar-refractivity contribution is 14.0. The molecule has 160 valence electrons. The number of aliphatic imine (C=N–C) groups is 1. The molecule has 1 heterocycles. The number of carbonyl (C=O) groups excluding carboxylic acids is 3. The SMILES string of the molecule is CCNC(=NCc1ccc(C(=O)NCC(N)=O)cc1)N1CCN(C(C)=O)CC1.I. The molecule has 1 aromatic rings. The lowest BCUT2D eigenvalue weighted by atomic mass is 10.1. The molecule has 0 aromatic heterocycles. The van der Waals surface area contributed by atoms with Gasteiger partial charge in [-0.1, -0.05) is 12.1 Å². The van der Waals surface area contributed by atoms with E-state index in [0.717, 1.165) is 31.2 Å². The Balaban J connectivity index is 0.00000420. The maximum atomic E-state index is 11.9. The molecular formula is C19H29IN6O3. The number of amides is 3. The van der Waals surface area contributed by atoms with Crippen LogP contribution in [0.4, 0.5) is 0 Å². The van der Waals surface area contributed by atoms with E-state index in [-0.39, 0.29) is 42.3 Å². The van der Waals surface area contributed by atoms with Gasteiger partial charge in [0.1, 0.15) is 0 Å². The van der Waals surface area contributed by atoms with E-state index in [1.54, 1.807) is 19.1 Å². The fourth-order valence-corrected chi connectivity index (χ4v) is 2.86. The van der Waals surface area contributed by atoms with Crippen LogP contribution >= 0.6 is 24.0 Å². The van der Waals surface area contributed by atoms with Gasteiger partial charge < -0.3 is 26.2 Å². The monoisotopic (exact) mass is 516 g/mol. The van der Waals surface area contributed by atoms with Crippen LogP contribution in [0.15, 0.2) is 29.3 Å². The first-order chi connectivity index (χ1) is 13.4. The summed E-state index contributed by atoms with van der Waals surface area (Å²) < 4.78 is 0. The van der Waals surface area contributed by atoms with E-state index < -0.39 is 5.91 Å². The number of hydrogen-bond acceptors (Lipinski definition) is 4. The molecular weight excluding hydrogens is 487 g/mol. The number of primary amides is 1. The molecule has 1 aliphatic rings. The molecule has 1 aromatic carbocycles. The minimum Gasteiger partial charge on any atom is -0.368 e. The van der Waals surface area contributed by atoms with Crippen molar-refractivity contribution < 1.29 is 14.4 Å². The zero-order chi connectivity index (χ0) is 20.5. The van der Waals surface area contributed by atoms with E-state index in [1.807, 2.05) is 24.0 Å². The van der Waals surface area contributed by atoms with Crippen molar-refractivity contribution in [3.63, 3.8) is 0 Å². The van der Waals surface area contributed by atoms with Crippen molar-refractivity contribution in [1.29, 1.82) is 0 Å². The van der Waals surface area contributed by atoms with Crippen LogP contribution in [0.25, 0.3) is 0 Å². The number of halogens is 1. The predicted molar refractivity (Wildman–Crippen MR) is 122 cm³/mol.